The van der Waals surface area contributed by atoms with Crippen molar-refractivity contribution in [2.24, 2.45) is 0 Å². The highest BCUT2D eigenvalue weighted by Crippen LogP contribution is 2.35. The van der Waals surface area contributed by atoms with Gasteiger partial charge in [0.25, 0.3) is 0 Å². The summed E-state index contributed by atoms with van der Waals surface area (Å²) in [7, 11) is 0. The van der Waals surface area contributed by atoms with Crippen LogP contribution in [0.1, 0.15) is 50.0 Å². The maximum Gasteiger partial charge on any atom is 0.0380 e. The Morgan fingerprint density at radius 2 is 1.73 bits per heavy atom. The molecule has 1 aromatic carbocycles. The van der Waals surface area contributed by atoms with Gasteiger partial charge in [-0.25, -0.2) is 0 Å². The van der Waals surface area contributed by atoms with Crippen LogP contribution in [0.2, 0.25) is 0 Å². The Labute approximate surface area is 95.9 Å². The first-order valence-corrected chi connectivity index (χ1v) is 6.43. The van der Waals surface area contributed by atoms with Crippen LogP contribution in [-0.2, 0) is 0 Å². The largest absolute Gasteiger partial charge is 0.140 e. The van der Waals surface area contributed by atoms with Gasteiger partial charge in [0.15, 0.2) is 0 Å². The predicted molar refractivity (Wildman–Crippen MR) is 70.0 cm³/mol. The highest BCUT2D eigenvalue weighted by Gasteiger charge is 2.10. The fourth-order valence-electron chi connectivity index (χ4n) is 1.84. The van der Waals surface area contributed by atoms with Crippen molar-refractivity contribution in [2.45, 2.75) is 39.5 Å². The summed E-state index contributed by atoms with van der Waals surface area (Å²) in [5.74, 6) is 1.26. The average molecular weight is 218 g/mol. The minimum atomic E-state index is 0.618. The maximum atomic E-state index is 2.34. The molecule has 0 aliphatic carbocycles. The second-order valence-electron chi connectivity index (χ2n) is 4.72. The number of hydrogen-bond donors (Lipinski definition) is 0. The Bertz CT molecular complexity index is 463. The van der Waals surface area contributed by atoms with E-state index in [1.165, 1.54) is 20.5 Å². The van der Waals surface area contributed by atoms with E-state index in [2.05, 4.69) is 52.0 Å². The Kier molecular flexibility index (Phi) is 2.83. The molecule has 0 amide bonds. The molecule has 0 unspecified atom stereocenters. The fourth-order valence-corrected chi connectivity index (χ4v) is 3.17. The van der Waals surface area contributed by atoms with E-state index in [1.807, 2.05) is 11.3 Å². The zero-order valence-electron chi connectivity index (χ0n) is 9.87. The lowest BCUT2D eigenvalue weighted by atomic mass is 10.0. The summed E-state index contributed by atoms with van der Waals surface area (Å²) in [6.07, 6.45) is 0. The minimum absolute atomic E-state index is 0.618. The summed E-state index contributed by atoms with van der Waals surface area (Å²) in [5.41, 5.74) is 1.49. The summed E-state index contributed by atoms with van der Waals surface area (Å²) in [6.45, 7) is 9.06. The maximum absolute atomic E-state index is 2.34. The topological polar surface area (TPSA) is 0 Å². The van der Waals surface area contributed by atoms with Gasteiger partial charge in [-0.1, -0.05) is 45.9 Å². The van der Waals surface area contributed by atoms with Gasteiger partial charge >= 0.3 is 0 Å². The normalized spacial score (nSPS) is 11.9. The summed E-state index contributed by atoms with van der Waals surface area (Å²) in [4.78, 5) is 1.50. The van der Waals surface area contributed by atoms with E-state index >= 15 is 0 Å². The van der Waals surface area contributed by atoms with Crippen LogP contribution in [-0.4, -0.2) is 0 Å². The fraction of sp³-hybridized carbons (Fsp3) is 0.429. The molecule has 0 aliphatic rings. The first-order valence-electron chi connectivity index (χ1n) is 5.62. The van der Waals surface area contributed by atoms with Crippen LogP contribution >= 0.6 is 11.3 Å². The van der Waals surface area contributed by atoms with E-state index in [-0.39, 0.29) is 0 Å². The molecular weight excluding hydrogens is 200 g/mol. The Balaban J connectivity index is 2.64. The van der Waals surface area contributed by atoms with Gasteiger partial charge in [0.2, 0.25) is 0 Å². The monoisotopic (exact) mass is 218 g/mol. The molecular formula is C14H18S. The number of benzene rings is 1. The minimum Gasteiger partial charge on any atom is -0.140 e. The molecule has 0 saturated heterocycles. The quantitative estimate of drug-likeness (QED) is 0.654. The van der Waals surface area contributed by atoms with Crippen LogP contribution in [0.3, 0.4) is 0 Å². The smallest absolute Gasteiger partial charge is 0.0380 e. The molecule has 0 saturated carbocycles. The van der Waals surface area contributed by atoms with Gasteiger partial charge in [-0.15, -0.1) is 11.3 Å². The van der Waals surface area contributed by atoms with Crippen molar-refractivity contribution in [2.75, 3.05) is 0 Å². The van der Waals surface area contributed by atoms with E-state index < -0.39 is 0 Å². The van der Waals surface area contributed by atoms with E-state index in [0.29, 0.717) is 11.8 Å². The van der Waals surface area contributed by atoms with Crippen LogP contribution in [0.15, 0.2) is 24.3 Å². The van der Waals surface area contributed by atoms with Crippen LogP contribution in [0.25, 0.3) is 10.1 Å². The second kappa shape index (κ2) is 3.97. The second-order valence-corrected chi connectivity index (χ2v) is 5.81. The summed E-state index contributed by atoms with van der Waals surface area (Å²) in [5, 5.41) is 1.41. The first-order chi connectivity index (χ1) is 7.09. The zero-order chi connectivity index (χ0) is 11.0. The van der Waals surface area contributed by atoms with Gasteiger partial charge in [0.05, 0.1) is 0 Å². The Morgan fingerprint density at radius 1 is 1.00 bits per heavy atom. The van der Waals surface area contributed by atoms with Gasteiger partial charge < -0.3 is 0 Å². The third-order valence-corrected chi connectivity index (χ3v) is 4.29. The molecule has 2 rings (SSSR count). The number of hydrogen-bond acceptors (Lipinski definition) is 1. The van der Waals surface area contributed by atoms with Crippen LogP contribution in [0.4, 0.5) is 0 Å². The predicted octanol–water partition coefficient (Wildman–Crippen LogP) is 5.15. The van der Waals surface area contributed by atoms with Gasteiger partial charge in [-0.2, -0.15) is 0 Å². The van der Waals surface area contributed by atoms with E-state index in [9.17, 15) is 0 Å². The van der Waals surface area contributed by atoms with Gasteiger partial charge in [-0.3, -0.25) is 0 Å². The molecule has 0 aliphatic heterocycles. The van der Waals surface area contributed by atoms with Gasteiger partial charge in [-0.05, 0) is 28.9 Å². The molecule has 1 heterocycles. The molecule has 0 spiro atoms. The molecule has 0 bridgehead atoms. The highest BCUT2D eigenvalue weighted by atomic mass is 32.1. The van der Waals surface area contributed by atoms with Crippen molar-refractivity contribution in [3.63, 3.8) is 0 Å². The summed E-state index contributed by atoms with van der Waals surface area (Å²) in [6, 6.07) is 9.00. The van der Waals surface area contributed by atoms with E-state index in [1.54, 1.807) is 0 Å². The highest BCUT2D eigenvalue weighted by molar-refractivity contribution is 7.19. The molecule has 0 N–H and O–H groups in total. The zero-order valence-corrected chi connectivity index (χ0v) is 10.7. The number of thiophene rings is 1. The summed E-state index contributed by atoms with van der Waals surface area (Å²) < 4.78 is 1.48. The number of fused-ring (bicyclic) bond motifs is 1. The van der Waals surface area contributed by atoms with Crippen molar-refractivity contribution < 1.29 is 0 Å². The molecule has 80 valence electrons. The third kappa shape index (κ3) is 1.93. The molecule has 0 nitrogen and oxygen atoms in total. The van der Waals surface area contributed by atoms with Crippen LogP contribution < -0.4 is 0 Å². The van der Waals surface area contributed by atoms with Crippen molar-refractivity contribution >= 4 is 21.4 Å². The molecule has 0 atom stereocenters. The lowest BCUT2D eigenvalue weighted by Gasteiger charge is -2.05. The molecule has 1 aromatic heterocycles. The number of rotatable bonds is 2. The molecule has 2 aromatic rings. The lowest BCUT2D eigenvalue weighted by Crippen LogP contribution is -1.85. The standard InChI is InChI=1S/C14H18S/c1-9(2)12-7-5-6-11-8-13(10(3)4)15-14(11)12/h5-10H,1-4H3. The van der Waals surface area contributed by atoms with Crippen molar-refractivity contribution in [3.8, 4) is 0 Å². The van der Waals surface area contributed by atoms with E-state index in [0.717, 1.165) is 0 Å². The van der Waals surface area contributed by atoms with Crippen LogP contribution in [0.5, 0.6) is 0 Å². The van der Waals surface area contributed by atoms with Crippen molar-refractivity contribution in [1.29, 1.82) is 0 Å². The SMILES string of the molecule is CC(C)c1cc2cccc(C(C)C)c2s1. The van der Waals surface area contributed by atoms with Gasteiger partial charge in [0.1, 0.15) is 0 Å². The lowest BCUT2D eigenvalue weighted by molar-refractivity contribution is 0.878. The molecule has 0 radical (unpaired) electrons. The Morgan fingerprint density at radius 3 is 2.33 bits per heavy atom. The van der Waals surface area contributed by atoms with E-state index in [4.69, 9.17) is 0 Å². The first kappa shape index (κ1) is 10.7. The summed E-state index contributed by atoms with van der Waals surface area (Å²) >= 11 is 1.96. The average Bonchev–Trinajstić information content (AvgIpc) is 2.60. The third-order valence-electron chi connectivity index (χ3n) is 2.78. The van der Waals surface area contributed by atoms with Crippen LogP contribution in [0, 0.1) is 0 Å². The molecule has 1 heteroatoms. The van der Waals surface area contributed by atoms with Gasteiger partial charge in [0, 0.05) is 9.58 Å². The molecule has 15 heavy (non-hydrogen) atoms. The Hall–Kier alpha value is -0.820. The molecule has 0 fully saturated rings. The van der Waals surface area contributed by atoms with Crippen molar-refractivity contribution in [1.82, 2.24) is 0 Å². The van der Waals surface area contributed by atoms with Crippen molar-refractivity contribution in [3.05, 3.63) is 34.7 Å².